The van der Waals surface area contributed by atoms with Crippen LogP contribution in [-0.4, -0.2) is 30.0 Å². The van der Waals surface area contributed by atoms with Crippen LogP contribution < -0.4 is 5.32 Å². The number of amides is 1. The summed E-state index contributed by atoms with van der Waals surface area (Å²) in [4.78, 5) is 25.3. The molecule has 1 aliphatic rings. The van der Waals surface area contributed by atoms with Crippen molar-refractivity contribution in [2.45, 2.75) is 27.2 Å². The largest absolute Gasteiger partial charge is 0.462 e. The van der Waals surface area contributed by atoms with E-state index in [4.69, 9.17) is 4.74 Å². The van der Waals surface area contributed by atoms with Crippen molar-refractivity contribution in [1.82, 2.24) is 0 Å². The van der Waals surface area contributed by atoms with Crippen LogP contribution >= 0.6 is 23.1 Å². The monoisotopic (exact) mass is 313 g/mol. The van der Waals surface area contributed by atoms with E-state index in [0.29, 0.717) is 17.2 Å². The Labute approximate surface area is 127 Å². The molecule has 1 saturated heterocycles. The van der Waals surface area contributed by atoms with Gasteiger partial charge in [0, 0.05) is 16.5 Å². The van der Waals surface area contributed by atoms with Crippen LogP contribution in [0, 0.1) is 19.8 Å². The van der Waals surface area contributed by atoms with Crippen molar-refractivity contribution in [3.63, 3.8) is 0 Å². The van der Waals surface area contributed by atoms with Crippen LogP contribution in [0.3, 0.4) is 0 Å². The van der Waals surface area contributed by atoms with Crippen molar-refractivity contribution in [2.24, 2.45) is 5.92 Å². The Kier molecular flexibility index (Phi) is 5.10. The third-order valence-electron chi connectivity index (χ3n) is 3.40. The second kappa shape index (κ2) is 6.63. The SMILES string of the molecule is CCOC(=O)c1c(NC(=O)C2CCSC2)sc(C)c1C. The molecule has 1 fully saturated rings. The summed E-state index contributed by atoms with van der Waals surface area (Å²) < 4.78 is 5.08. The van der Waals surface area contributed by atoms with Gasteiger partial charge in [0.1, 0.15) is 5.00 Å². The third-order valence-corrected chi connectivity index (χ3v) is 5.69. The van der Waals surface area contributed by atoms with Gasteiger partial charge in [0.05, 0.1) is 12.2 Å². The Bertz CT molecular complexity index is 519. The molecule has 2 heterocycles. The second-order valence-corrected chi connectivity index (χ2v) is 7.13. The van der Waals surface area contributed by atoms with Gasteiger partial charge in [0.25, 0.3) is 0 Å². The minimum absolute atomic E-state index is 0.0156. The Balaban J connectivity index is 2.20. The number of anilines is 1. The number of nitrogens with one attached hydrogen (secondary N) is 1. The minimum Gasteiger partial charge on any atom is -0.462 e. The van der Waals surface area contributed by atoms with Crippen molar-refractivity contribution in [3.05, 3.63) is 16.0 Å². The smallest absolute Gasteiger partial charge is 0.341 e. The fraction of sp³-hybridized carbons (Fsp3) is 0.571. The van der Waals surface area contributed by atoms with Gasteiger partial charge in [-0.1, -0.05) is 0 Å². The third kappa shape index (κ3) is 3.17. The van der Waals surface area contributed by atoms with Crippen LogP contribution in [0.15, 0.2) is 0 Å². The number of esters is 1. The molecule has 0 aliphatic carbocycles. The zero-order valence-electron chi connectivity index (χ0n) is 11.9. The summed E-state index contributed by atoms with van der Waals surface area (Å²) in [5.41, 5.74) is 1.40. The van der Waals surface area contributed by atoms with E-state index >= 15 is 0 Å². The van der Waals surface area contributed by atoms with E-state index in [1.807, 2.05) is 13.8 Å². The van der Waals surface area contributed by atoms with Gasteiger partial charge in [0.2, 0.25) is 5.91 Å². The number of hydrogen-bond acceptors (Lipinski definition) is 5. The Morgan fingerprint density at radius 1 is 1.40 bits per heavy atom. The standard InChI is InChI=1S/C14H19NO3S2/c1-4-18-14(17)11-8(2)9(3)20-13(11)15-12(16)10-5-6-19-7-10/h10H,4-7H2,1-3H3,(H,15,16). The fourth-order valence-electron chi connectivity index (χ4n) is 2.12. The summed E-state index contributed by atoms with van der Waals surface area (Å²) in [7, 11) is 0. The second-order valence-electron chi connectivity index (χ2n) is 4.76. The van der Waals surface area contributed by atoms with Crippen LogP contribution in [0.1, 0.15) is 34.1 Å². The first-order valence-corrected chi connectivity index (χ1v) is 8.67. The van der Waals surface area contributed by atoms with Crippen LogP contribution in [0.2, 0.25) is 0 Å². The van der Waals surface area contributed by atoms with Gasteiger partial charge in [-0.15, -0.1) is 11.3 Å². The lowest BCUT2D eigenvalue weighted by Crippen LogP contribution is -2.23. The number of carbonyl (C=O) groups excluding carboxylic acids is 2. The number of thiophene rings is 1. The molecule has 1 atom stereocenters. The maximum Gasteiger partial charge on any atom is 0.341 e. The van der Waals surface area contributed by atoms with Crippen LogP contribution in [0.25, 0.3) is 0 Å². The van der Waals surface area contributed by atoms with Gasteiger partial charge in [0.15, 0.2) is 0 Å². The molecule has 1 N–H and O–H groups in total. The van der Waals surface area contributed by atoms with E-state index in [1.165, 1.54) is 11.3 Å². The first kappa shape index (κ1) is 15.4. The minimum atomic E-state index is -0.356. The molecule has 1 unspecified atom stereocenters. The number of carbonyl (C=O) groups is 2. The lowest BCUT2D eigenvalue weighted by Gasteiger charge is -2.10. The molecule has 0 spiro atoms. The highest BCUT2D eigenvalue weighted by Crippen LogP contribution is 2.34. The Morgan fingerprint density at radius 2 is 2.15 bits per heavy atom. The first-order chi connectivity index (χ1) is 9.54. The summed E-state index contributed by atoms with van der Waals surface area (Å²) in [5, 5.41) is 3.54. The number of ether oxygens (including phenoxy) is 1. The van der Waals surface area contributed by atoms with Crippen molar-refractivity contribution in [2.75, 3.05) is 23.4 Å². The molecule has 1 aliphatic heterocycles. The number of hydrogen-bond donors (Lipinski definition) is 1. The predicted octanol–water partition coefficient (Wildman–Crippen LogP) is 3.23. The van der Waals surface area contributed by atoms with Gasteiger partial charge in [-0.2, -0.15) is 11.8 Å². The number of aryl methyl sites for hydroxylation is 1. The zero-order chi connectivity index (χ0) is 14.7. The van der Waals surface area contributed by atoms with Crippen molar-refractivity contribution in [3.8, 4) is 0 Å². The molecular weight excluding hydrogens is 294 g/mol. The maximum absolute atomic E-state index is 12.2. The molecule has 1 aromatic heterocycles. The van der Waals surface area contributed by atoms with E-state index in [0.717, 1.165) is 28.4 Å². The Hall–Kier alpha value is -1.01. The van der Waals surface area contributed by atoms with Crippen LogP contribution in [-0.2, 0) is 9.53 Å². The zero-order valence-corrected chi connectivity index (χ0v) is 13.6. The molecule has 20 heavy (non-hydrogen) atoms. The van der Waals surface area contributed by atoms with Gasteiger partial charge >= 0.3 is 5.97 Å². The average molecular weight is 313 g/mol. The van der Waals surface area contributed by atoms with E-state index in [2.05, 4.69) is 5.32 Å². The fourth-order valence-corrected chi connectivity index (χ4v) is 4.39. The number of thioether (sulfide) groups is 1. The van der Waals surface area contributed by atoms with Gasteiger partial charge < -0.3 is 10.1 Å². The summed E-state index contributed by atoms with van der Waals surface area (Å²) in [5.74, 6) is 1.61. The molecule has 1 aromatic rings. The predicted molar refractivity (Wildman–Crippen MR) is 83.8 cm³/mol. The van der Waals surface area contributed by atoms with Gasteiger partial charge in [-0.3, -0.25) is 4.79 Å². The average Bonchev–Trinajstić information content (AvgIpc) is 3.00. The van der Waals surface area contributed by atoms with E-state index in [9.17, 15) is 9.59 Å². The lowest BCUT2D eigenvalue weighted by atomic mass is 10.1. The van der Waals surface area contributed by atoms with Gasteiger partial charge in [-0.25, -0.2) is 4.79 Å². The highest BCUT2D eigenvalue weighted by atomic mass is 32.2. The molecule has 2 rings (SSSR count). The molecular formula is C14H19NO3S2. The number of rotatable bonds is 4. The maximum atomic E-state index is 12.2. The molecule has 4 nitrogen and oxygen atoms in total. The van der Waals surface area contributed by atoms with Crippen LogP contribution in [0.4, 0.5) is 5.00 Å². The Morgan fingerprint density at radius 3 is 2.75 bits per heavy atom. The summed E-state index contributed by atoms with van der Waals surface area (Å²) in [6, 6.07) is 0. The van der Waals surface area contributed by atoms with E-state index in [1.54, 1.807) is 18.7 Å². The normalized spacial score (nSPS) is 18.1. The molecule has 0 aromatic carbocycles. The van der Waals surface area contributed by atoms with Gasteiger partial charge in [-0.05, 0) is 38.5 Å². The molecule has 0 saturated carbocycles. The first-order valence-electron chi connectivity index (χ1n) is 6.70. The van der Waals surface area contributed by atoms with Crippen molar-refractivity contribution in [1.29, 1.82) is 0 Å². The quantitative estimate of drug-likeness (QED) is 0.867. The summed E-state index contributed by atoms with van der Waals surface area (Å²) >= 11 is 3.24. The topological polar surface area (TPSA) is 55.4 Å². The van der Waals surface area contributed by atoms with E-state index < -0.39 is 0 Å². The molecule has 110 valence electrons. The molecule has 1 amide bonds. The van der Waals surface area contributed by atoms with Crippen molar-refractivity contribution < 1.29 is 14.3 Å². The van der Waals surface area contributed by atoms with Crippen LogP contribution in [0.5, 0.6) is 0 Å². The summed E-state index contributed by atoms with van der Waals surface area (Å²) in [6.45, 7) is 5.95. The highest BCUT2D eigenvalue weighted by Gasteiger charge is 2.27. The lowest BCUT2D eigenvalue weighted by molar-refractivity contribution is -0.119. The molecule has 6 heteroatoms. The van der Waals surface area contributed by atoms with E-state index in [-0.39, 0.29) is 17.8 Å². The highest BCUT2D eigenvalue weighted by molar-refractivity contribution is 7.99. The van der Waals surface area contributed by atoms with Crippen molar-refractivity contribution >= 4 is 40.0 Å². The molecule has 0 bridgehead atoms. The molecule has 0 radical (unpaired) electrons. The summed E-state index contributed by atoms with van der Waals surface area (Å²) in [6.07, 6.45) is 0.911.